The van der Waals surface area contributed by atoms with Gasteiger partial charge >= 0.3 is 5.69 Å². The quantitative estimate of drug-likeness (QED) is 0.193. The second kappa shape index (κ2) is 9.50. The summed E-state index contributed by atoms with van der Waals surface area (Å²) in [5.74, 6) is -0.298. The molecule has 0 fully saturated rings. The molecule has 11 nitrogen and oxygen atoms in total. The first-order valence-electron chi connectivity index (χ1n) is 10.1. The number of nitrogens with zero attached hydrogens (tertiary/aromatic N) is 4. The summed E-state index contributed by atoms with van der Waals surface area (Å²) in [7, 11) is 1.36. The number of hydrogen-bond donors (Lipinski definition) is 5. The lowest BCUT2D eigenvalue weighted by molar-refractivity contribution is 0.383. The minimum atomic E-state index is -0.736. The predicted octanol–water partition coefficient (Wildman–Crippen LogP) is 1.44. The predicted molar refractivity (Wildman–Crippen MR) is 124 cm³/mol. The van der Waals surface area contributed by atoms with Crippen LogP contribution >= 0.6 is 0 Å². The topological polar surface area (TPSA) is 174 Å². The van der Waals surface area contributed by atoms with E-state index in [9.17, 15) is 9.18 Å². The Morgan fingerprint density at radius 1 is 1.26 bits per heavy atom. The molecule has 0 aliphatic rings. The van der Waals surface area contributed by atoms with Crippen molar-refractivity contribution < 1.29 is 9.13 Å². The Balaban J connectivity index is 1.82. The number of ether oxygens (including phenoxy) is 1. The van der Waals surface area contributed by atoms with Crippen molar-refractivity contribution in [1.29, 1.82) is 5.41 Å². The number of H-pyrrole nitrogens is 1. The lowest BCUT2D eigenvalue weighted by Crippen LogP contribution is -2.18. The van der Waals surface area contributed by atoms with E-state index < -0.39 is 17.5 Å². The molecule has 12 heteroatoms. The Labute approximate surface area is 193 Å². The number of aromatic amines is 1. The van der Waals surface area contributed by atoms with E-state index >= 15 is 0 Å². The molecule has 174 valence electrons. The molecule has 1 unspecified atom stereocenters. The number of benzene rings is 2. The fraction of sp³-hybridized carbons (Fsp3) is 0.136. The minimum absolute atomic E-state index is 0.00449. The zero-order chi connectivity index (χ0) is 24.2. The van der Waals surface area contributed by atoms with E-state index in [0.717, 1.165) is 4.68 Å². The van der Waals surface area contributed by atoms with Gasteiger partial charge in [0.25, 0.3) is 5.95 Å². The third-order valence-corrected chi connectivity index (χ3v) is 5.07. The van der Waals surface area contributed by atoms with Gasteiger partial charge in [0.05, 0.1) is 7.11 Å². The molecule has 0 aliphatic carbocycles. The molecule has 2 aromatic carbocycles. The van der Waals surface area contributed by atoms with Gasteiger partial charge in [-0.3, -0.25) is 10.4 Å². The molecule has 0 amide bonds. The number of nitrogens with two attached hydrogens (primary N) is 2. The second-order valence-corrected chi connectivity index (χ2v) is 7.24. The van der Waals surface area contributed by atoms with E-state index in [-0.39, 0.29) is 35.5 Å². The zero-order valence-corrected chi connectivity index (χ0v) is 18.1. The fourth-order valence-electron chi connectivity index (χ4n) is 3.37. The van der Waals surface area contributed by atoms with Gasteiger partial charge in [-0.2, -0.15) is 0 Å². The van der Waals surface area contributed by atoms with Crippen LogP contribution in [0.3, 0.4) is 0 Å². The summed E-state index contributed by atoms with van der Waals surface area (Å²) in [4.78, 5) is 23.5. The second-order valence-electron chi connectivity index (χ2n) is 7.24. The first-order valence-corrected chi connectivity index (χ1v) is 10.1. The van der Waals surface area contributed by atoms with Crippen LogP contribution in [0.1, 0.15) is 28.6 Å². The van der Waals surface area contributed by atoms with E-state index in [1.807, 2.05) is 0 Å². The van der Waals surface area contributed by atoms with Gasteiger partial charge in [0, 0.05) is 35.8 Å². The summed E-state index contributed by atoms with van der Waals surface area (Å²) in [6.07, 6.45) is 2.99. The maximum absolute atomic E-state index is 14.6. The van der Waals surface area contributed by atoms with Gasteiger partial charge in [0.15, 0.2) is 17.4 Å². The number of amidine groups is 1. The fourth-order valence-corrected chi connectivity index (χ4v) is 3.37. The van der Waals surface area contributed by atoms with Crippen molar-refractivity contribution >= 4 is 11.5 Å². The monoisotopic (exact) mass is 463 g/mol. The molecule has 0 saturated carbocycles. The number of halogens is 1. The van der Waals surface area contributed by atoms with Crippen molar-refractivity contribution in [3.63, 3.8) is 0 Å². The van der Waals surface area contributed by atoms with Crippen LogP contribution in [0, 0.1) is 11.2 Å². The third kappa shape index (κ3) is 4.47. The summed E-state index contributed by atoms with van der Waals surface area (Å²) in [5, 5.41) is 15.2. The minimum Gasteiger partial charge on any atom is -0.494 e. The van der Waals surface area contributed by atoms with E-state index in [1.54, 1.807) is 36.4 Å². The molecule has 7 N–H and O–H groups in total. The van der Waals surface area contributed by atoms with Crippen molar-refractivity contribution in [2.75, 3.05) is 12.4 Å². The summed E-state index contributed by atoms with van der Waals surface area (Å²) in [6.45, 7) is -0.0567. The maximum atomic E-state index is 14.6. The van der Waals surface area contributed by atoms with Crippen molar-refractivity contribution in [3.8, 4) is 11.7 Å². The summed E-state index contributed by atoms with van der Waals surface area (Å²) < 4.78 is 20.8. The van der Waals surface area contributed by atoms with Gasteiger partial charge in [-0.25, -0.2) is 19.2 Å². The lowest BCUT2D eigenvalue weighted by atomic mass is 10.0. The van der Waals surface area contributed by atoms with Gasteiger partial charge < -0.3 is 21.5 Å². The van der Waals surface area contributed by atoms with Gasteiger partial charge in [-0.15, -0.1) is 9.78 Å². The molecule has 0 radical (unpaired) electrons. The molecule has 2 aromatic heterocycles. The largest absolute Gasteiger partial charge is 0.494 e. The van der Waals surface area contributed by atoms with E-state index in [2.05, 4.69) is 25.4 Å². The van der Waals surface area contributed by atoms with Crippen LogP contribution in [0.15, 0.2) is 59.7 Å². The van der Waals surface area contributed by atoms with Gasteiger partial charge in [-0.1, -0.05) is 0 Å². The van der Waals surface area contributed by atoms with Crippen LogP contribution in [0.25, 0.3) is 5.95 Å². The number of nitrogen functional groups attached to an aromatic ring is 1. The van der Waals surface area contributed by atoms with Crippen LogP contribution in [-0.2, 0) is 6.54 Å². The molecule has 0 spiro atoms. The first-order chi connectivity index (χ1) is 16.4. The number of methoxy groups -OCH3 is 1. The van der Waals surface area contributed by atoms with Crippen molar-refractivity contribution in [1.82, 2.24) is 24.7 Å². The van der Waals surface area contributed by atoms with Crippen molar-refractivity contribution in [2.45, 2.75) is 12.6 Å². The molecular formula is C22H22FN9O2. The van der Waals surface area contributed by atoms with Crippen LogP contribution in [-0.4, -0.2) is 37.7 Å². The normalized spacial score (nSPS) is 11.7. The molecule has 34 heavy (non-hydrogen) atoms. The van der Waals surface area contributed by atoms with Gasteiger partial charge in [-0.05, 0) is 48.0 Å². The van der Waals surface area contributed by atoms with Crippen LogP contribution in [0.2, 0.25) is 0 Å². The highest BCUT2D eigenvalue weighted by Gasteiger charge is 2.24. The van der Waals surface area contributed by atoms with E-state index in [0.29, 0.717) is 16.8 Å². The molecule has 0 saturated heterocycles. The smallest absolute Gasteiger partial charge is 0.350 e. The summed E-state index contributed by atoms with van der Waals surface area (Å²) in [6, 6.07) is 10.8. The van der Waals surface area contributed by atoms with Crippen LogP contribution in [0.4, 0.5) is 10.1 Å². The van der Waals surface area contributed by atoms with Crippen LogP contribution < -0.4 is 27.2 Å². The number of aromatic nitrogens is 5. The molecule has 4 rings (SSSR count). The number of hydrogen-bond acceptors (Lipinski definition) is 8. The van der Waals surface area contributed by atoms with E-state index in [4.69, 9.17) is 21.6 Å². The first kappa shape index (κ1) is 22.6. The Morgan fingerprint density at radius 2 is 1.97 bits per heavy atom. The zero-order valence-electron chi connectivity index (χ0n) is 18.1. The molecule has 0 aliphatic heterocycles. The summed E-state index contributed by atoms with van der Waals surface area (Å²) >= 11 is 0. The van der Waals surface area contributed by atoms with Crippen molar-refractivity contribution in [2.24, 2.45) is 11.5 Å². The number of anilines is 1. The molecule has 0 bridgehead atoms. The SMILES string of the molecule is COc1cc(C(Nc2ccc(C(=N)N)cc2)c2nn(-c3ncccn3)c(=O)[nH]2)cc(CN)c1F. The van der Waals surface area contributed by atoms with Gasteiger partial charge in [0.2, 0.25) is 0 Å². The molecule has 2 heterocycles. The average molecular weight is 463 g/mol. The number of nitrogens with one attached hydrogen (secondary N) is 3. The Bertz CT molecular complexity index is 1340. The lowest BCUT2D eigenvalue weighted by Gasteiger charge is -2.20. The average Bonchev–Trinajstić information content (AvgIpc) is 3.24. The molecule has 1 atom stereocenters. The van der Waals surface area contributed by atoms with Gasteiger partial charge in [0.1, 0.15) is 11.9 Å². The Kier molecular flexibility index (Phi) is 6.32. The maximum Gasteiger partial charge on any atom is 0.350 e. The Hall–Kier alpha value is -4.58. The highest BCUT2D eigenvalue weighted by atomic mass is 19.1. The molecule has 4 aromatic rings. The van der Waals surface area contributed by atoms with Crippen LogP contribution in [0.5, 0.6) is 5.75 Å². The molecular weight excluding hydrogens is 441 g/mol. The standard InChI is InChI=1S/C22H22FN9O2/c1-34-16-10-13(9-14(11-24)17(16)23)18(29-15-5-3-12(4-6-15)19(25)26)20-30-22(33)32(31-20)21-27-7-2-8-28-21/h2-10,18,29H,11,24H2,1H3,(H3,25,26)(H,30,31,33). The third-order valence-electron chi connectivity index (χ3n) is 5.07. The van der Waals surface area contributed by atoms with E-state index in [1.165, 1.54) is 25.6 Å². The number of rotatable bonds is 8. The van der Waals surface area contributed by atoms with Crippen molar-refractivity contribution in [3.05, 3.63) is 93.7 Å². The summed E-state index contributed by atoms with van der Waals surface area (Å²) in [5.41, 5.74) is 12.7. The Morgan fingerprint density at radius 3 is 2.59 bits per heavy atom. The highest BCUT2D eigenvalue weighted by Crippen LogP contribution is 2.31. The highest BCUT2D eigenvalue weighted by molar-refractivity contribution is 5.95.